The summed E-state index contributed by atoms with van der Waals surface area (Å²) in [5.41, 5.74) is 5.07. The average molecular weight is 304 g/mol. The zero-order valence-electron chi connectivity index (χ0n) is 11.6. The lowest BCUT2D eigenvalue weighted by molar-refractivity contribution is -0.137. The van der Waals surface area contributed by atoms with Crippen molar-refractivity contribution in [1.29, 1.82) is 0 Å². The minimum atomic E-state index is -4.45. The SMILES string of the molecule is CCC(CC)CNc1ccc(C(F)(F)F)c(C(N)=S)c1. The van der Waals surface area contributed by atoms with Gasteiger partial charge in [0.1, 0.15) is 4.99 Å². The van der Waals surface area contributed by atoms with Crippen molar-refractivity contribution < 1.29 is 13.2 Å². The largest absolute Gasteiger partial charge is 0.417 e. The molecule has 0 radical (unpaired) electrons. The van der Waals surface area contributed by atoms with Gasteiger partial charge >= 0.3 is 6.18 Å². The van der Waals surface area contributed by atoms with Crippen LogP contribution in [0.1, 0.15) is 37.8 Å². The Kier molecular flexibility index (Phi) is 5.80. The number of alkyl halides is 3. The summed E-state index contributed by atoms with van der Waals surface area (Å²) in [6.07, 6.45) is -2.41. The lowest BCUT2D eigenvalue weighted by atomic mass is 10.0. The van der Waals surface area contributed by atoms with Crippen molar-refractivity contribution in [3.8, 4) is 0 Å². The van der Waals surface area contributed by atoms with E-state index in [9.17, 15) is 13.2 Å². The molecule has 1 aromatic rings. The zero-order chi connectivity index (χ0) is 15.3. The quantitative estimate of drug-likeness (QED) is 0.774. The standard InChI is InChI=1S/C14H19F3N2S/c1-3-9(4-2)8-19-10-5-6-12(14(15,16)17)11(7-10)13(18)20/h5-7,9,19H,3-4,8H2,1-2H3,(H2,18,20). The van der Waals surface area contributed by atoms with Gasteiger partial charge in [-0.3, -0.25) is 0 Å². The predicted molar refractivity (Wildman–Crippen MR) is 79.9 cm³/mol. The Morgan fingerprint density at radius 1 is 1.30 bits per heavy atom. The third kappa shape index (κ3) is 4.37. The highest BCUT2D eigenvalue weighted by atomic mass is 32.1. The minimum absolute atomic E-state index is 0.137. The molecule has 0 atom stereocenters. The van der Waals surface area contributed by atoms with Gasteiger partial charge in [-0.15, -0.1) is 0 Å². The lowest BCUT2D eigenvalue weighted by Crippen LogP contribution is -2.19. The van der Waals surface area contributed by atoms with Gasteiger partial charge in [-0.2, -0.15) is 13.2 Å². The Bertz CT molecular complexity index is 468. The van der Waals surface area contributed by atoms with Gasteiger partial charge in [-0.1, -0.05) is 38.9 Å². The van der Waals surface area contributed by atoms with Gasteiger partial charge in [0.15, 0.2) is 0 Å². The van der Waals surface area contributed by atoms with Crippen molar-refractivity contribution in [2.45, 2.75) is 32.9 Å². The molecule has 0 aliphatic carbocycles. The maximum Gasteiger partial charge on any atom is 0.417 e. The molecular formula is C14H19F3N2S. The Hall–Kier alpha value is -1.30. The van der Waals surface area contributed by atoms with Crippen molar-refractivity contribution in [3.63, 3.8) is 0 Å². The fourth-order valence-electron chi connectivity index (χ4n) is 1.94. The van der Waals surface area contributed by atoms with E-state index in [0.29, 0.717) is 11.6 Å². The third-order valence-corrected chi connectivity index (χ3v) is 3.56. The van der Waals surface area contributed by atoms with E-state index in [1.807, 2.05) is 0 Å². The van der Waals surface area contributed by atoms with E-state index in [0.717, 1.165) is 25.5 Å². The summed E-state index contributed by atoms with van der Waals surface area (Å²) in [6, 6.07) is 3.80. The normalized spacial score (nSPS) is 11.7. The second-order valence-electron chi connectivity index (χ2n) is 4.69. The molecule has 2 nitrogen and oxygen atoms in total. The van der Waals surface area contributed by atoms with Crippen molar-refractivity contribution in [3.05, 3.63) is 29.3 Å². The summed E-state index contributed by atoms with van der Waals surface area (Å²) in [4.78, 5) is -0.247. The van der Waals surface area contributed by atoms with Gasteiger partial charge in [-0.25, -0.2) is 0 Å². The smallest absolute Gasteiger partial charge is 0.389 e. The van der Waals surface area contributed by atoms with Crippen molar-refractivity contribution in [2.75, 3.05) is 11.9 Å². The lowest BCUT2D eigenvalue weighted by Gasteiger charge is -2.17. The first-order valence-electron chi connectivity index (χ1n) is 6.54. The molecule has 0 aliphatic heterocycles. The number of nitrogens with one attached hydrogen (secondary N) is 1. The number of nitrogens with two attached hydrogens (primary N) is 1. The Labute approximate surface area is 122 Å². The molecule has 0 saturated heterocycles. The molecule has 0 aromatic heterocycles. The van der Waals surface area contributed by atoms with Crippen LogP contribution in [0.5, 0.6) is 0 Å². The highest BCUT2D eigenvalue weighted by molar-refractivity contribution is 7.80. The number of hydrogen-bond donors (Lipinski definition) is 2. The van der Waals surface area contributed by atoms with Gasteiger partial charge in [0.25, 0.3) is 0 Å². The van der Waals surface area contributed by atoms with Crippen LogP contribution in [-0.4, -0.2) is 11.5 Å². The molecule has 6 heteroatoms. The predicted octanol–water partition coefficient (Wildman–Crippen LogP) is 4.19. The fraction of sp³-hybridized carbons (Fsp3) is 0.500. The average Bonchev–Trinajstić information content (AvgIpc) is 2.38. The van der Waals surface area contributed by atoms with Crippen LogP contribution < -0.4 is 11.1 Å². The summed E-state index contributed by atoms with van der Waals surface area (Å²) in [5, 5.41) is 3.14. The van der Waals surface area contributed by atoms with Gasteiger partial charge in [0.05, 0.1) is 5.56 Å². The van der Waals surface area contributed by atoms with Crippen molar-refractivity contribution >= 4 is 22.9 Å². The topological polar surface area (TPSA) is 38.0 Å². The van der Waals surface area contributed by atoms with E-state index in [2.05, 4.69) is 19.2 Å². The number of halogens is 3. The Morgan fingerprint density at radius 2 is 1.90 bits per heavy atom. The monoisotopic (exact) mass is 304 g/mol. The minimum Gasteiger partial charge on any atom is -0.389 e. The molecule has 20 heavy (non-hydrogen) atoms. The summed E-state index contributed by atoms with van der Waals surface area (Å²) in [5.74, 6) is 0.491. The Morgan fingerprint density at radius 3 is 2.35 bits per heavy atom. The van der Waals surface area contributed by atoms with Crippen LogP contribution in [0.25, 0.3) is 0 Å². The molecule has 0 amide bonds. The van der Waals surface area contributed by atoms with Gasteiger partial charge in [-0.05, 0) is 24.1 Å². The molecule has 1 rings (SSSR count). The van der Waals surface area contributed by atoms with E-state index in [4.69, 9.17) is 18.0 Å². The van der Waals surface area contributed by atoms with Crippen LogP contribution in [0.4, 0.5) is 18.9 Å². The highest BCUT2D eigenvalue weighted by Crippen LogP contribution is 2.33. The summed E-state index contributed by atoms with van der Waals surface area (Å²) >= 11 is 4.71. The van der Waals surface area contributed by atoms with E-state index in [1.165, 1.54) is 12.1 Å². The molecule has 112 valence electrons. The third-order valence-electron chi connectivity index (χ3n) is 3.34. The molecule has 0 unspecified atom stereocenters. The van der Waals surface area contributed by atoms with E-state index >= 15 is 0 Å². The van der Waals surface area contributed by atoms with Crippen molar-refractivity contribution in [1.82, 2.24) is 0 Å². The molecule has 0 spiro atoms. The van der Waals surface area contributed by atoms with E-state index in [1.54, 1.807) is 0 Å². The second kappa shape index (κ2) is 6.92. The summed E-state index contributed by atoms with van der Waals surface area (Å²) < 4.78 is 38.5. The molecule has 0 saturated carbocycles. The molecular weight excluding hydrogens is 285 g/mol. The molecule has 0 aliphatic rings. The number of hydrogen-bond acceptors (Lipinski definition) is 2. The van der Waals surface area contributed by atoms with Crippen LogP contribution in [0, 0.1) is 5.92 Å². The van der Waals surface area contributed by atoms with Crippen LogP contribution >= 0.6 is 12.2 Å². The molecule has 0 heterocycles. The van der Waals surface area contributed by atoms with Crippen molar-refractivity contribution in [2.24, 2.45) is 11.7 Å². The first kappa shape index (κ1) is 16.8. The van der Waals surface area contributed by atoms with Gasteiger partial charge < -0.3 is 11.1 Å². The molecule has 3 N–H and O–H groups in total. The Balaban J connectivity index is 2.97. The van der Waals surface area contributed by atoms with Crippen LogP contribution in [0.2, 0.25) is 0 Å². The first-order chi connectivity index (χ1) is 9.29. The molecule has 1 aromatic carbocycles. The van der Waals surface area contributed by atoms with Crippen LogP contribution in [0.15, 0.2) is 18.2 Å². The number of benzene rings is 1. The van der Waals surface area contributed by atoms with E-state index in [-0.39, 0.29) is 10.6 Å². The van der Waals surface area contributed by atoms with Gasteiger partial charge in [0.2, 0.25) is 0 Å². The zero-order valence-corrected chi connectivity index (χ0v) is 12.4. The van der Waals surface area contributed by atoms with Gasteiger partial charge in [0, 0.05) is 17.8 Å². The first-order valence-corrected chi connectivity index (χ1v) is 6.95. The molecule has 0 fully saturated rings. The summed E-state index contributed by atoms with van der Waals surface area (Å²) in [7, 11) is 0. The molecule has 0 bridgehead atoms. The van der Waals surface area contributed by atoms with Crippen LogP contribution in [-0.2, 0) is 6.18 Å². The number of rotatable bonds is 6. The maximum atomic E-state index is 12.8. The van der Waals surface area contributed by atoms with Crippen LogP contribution in [0.3, 0.4) is 0 Å². The number of thiocarbonyl (C=S) groups is 1. The second-order valence-corrected chi connectivity index (χ2v) is 5.13. The van der Waals surface area contributed by atoms with E-state index < -0.39 is 11.7 Å². The number of anilines is 1. The maximum absolute atomic E-state index is 12.8. The fourth-order valence-corrected chi connectivity index (χ4v) is 2.11. The summed E-state index contributed by atoms with van der Waals surface area (Å²) in [6.45, 7) is 4.89. The highest BCUT2D eigenvalue weighted by Gasteiger charge is 2.34.